The van der Waals surface area contributed by atoms with E-state index >= 15 is 0 Å². The Bertz CT molecular complexity index is 1150. The Balaban J connectivity index is 1.75. The van der Waals surface area contributed by atoms with Crippen molar-refractivity contribution in [2.75, 3.05) is 0 Å². The molecule has 2 aliphatic rings. The summed E-state index contributed by atoms with van der Waals surface area (Å²) in [5.74, 6) is -0.308. The van der Waals surface area contributed by atoms with E-state index in [1.54, 1.807) is 0 Å². The first-order valence-corrected chi connectivity index (χ1v) is 9.76. The zero-order chi connectivity index (χ0) is 19.3. The van der Waals surface area contributed by atoms with E-state index in [0.717, 1.165) is 65.9 Å². The molecule has 0 radical (unpaired) electrons. The van der Waals surface area contributed by atoms with Crippen LogP contribution in [0.1, 0.15) is 42.5 Å². The minimum absolute atomic E-state index is 0.0749. The van der Waals surface area contributed by atoms with Crippen molar-refractivity contribution in [2.45, 2.75) is 44.6 Å². The Labute approximate surface area is 161 Å². The highest BCUT2D eigenvalue weighted by atomic mass is 16.2. The van der Waals surface area contributed by atoms with Crippen LogP contribution in [0, 0.1) is 5.41 Å². The number of carbonyl (C=O) groups excluding carboxylic acids is 1. The van der Waals surface area contributed by atoms with Crippen LogP contribution in [0.3, 0.4) is 0 Å². The average molecular weight is 374 g/mol. The number of nitrogens with zero attached hydrogens (tertiary/aromatic N) is 2. The van der Waals surface area contributed by atoms with Crippen molar-refractivity contribution < 1.29 is 4.79 Å². The van der Waals surface area contributed by atoms with Crippen LogP contribution in [-0.2, 0) is 17.6 Å². The summed E-state index contributed by atoms with van der Waals surface area (Å²) in [6, 6.07) is 4.15. The predicted molar refractivity (Wildman–Crippen MR) is 109 cm³/mol. The molecule has 2 aliphatic carbocycles. The van der Waals surface area contributed by atoms with Crippen LogP contribution in [0.25, 0.3) is 27.4 Å². The number of fused-ring (bicyclic) bond motifs is 5. The number of hydrogen-bond acceptors (Lipinski definition) is 5. The van der Waals surface area contributed by atoms with Crippen LogP contribution >= 0.6 is 0 Å². The summed E-state index contributed by atoms with van der Waals surface area (Å²) in [5, 5.41) is 20.3. The van der Waals surface area contributed by atoms with Gasteiger partial charge in [0.2, 0.25) is 0 Å². The number of pyridine rings is 1. The summed E-state index contributed by atoms with van der Waals surface area (Å²) < 4.78 is 0. The summed E-state index contributed by atoms with van der Waals surface area (Å²) >= 11 is 0. The summed E-state index contributed by atoms with van der Waals surface area (Å²) in [4.78, 5) is 17.4. The van der Waals surface area contributed by atoms with E-state index in [0.29, 0.717) is 11.3 Å². The fourth-order valence-electron chi connectivity index (χ4n) is 4.16. The molecular weight excluding hydrogens is 352 g/mol. The molecule has 142 valence electrons. The smallest absolute Gasteiger partial charge is 0.268 e. The molecule has 7 heteroatoms. The molecule has 3 aromatic rings. The summed E-state index contributed by atoms with van der Waals surface area (Å²) in [6.45, 7) is 0. The van der Waals surface area contributed by atoms with Crippen LogP contribution in [0.4, 0.5) is 0 Å². The third kappa shape index (κ3) is 2.66. The zero-order valence-corrected chi connectivity index (χ0v) is 15.5. The van der Waals surface area contributed by atoms with E-state index in [4.69, 9.17) is 16.1 Å². The largest absolute Gasteiger partial charge is 0.394 e. The fraction of sp³-hybridized carbons (Fsp3) is 0.333. The van der Waals surface area contributed by atoms with Gasteiger partial charge < -0.3 is 16.5 Å². The van der Waals surface area contributed by atoms with E-state index in [2.05, 4.69) is 15.5 Å². The van der Waals surface area contributed by atoms with Crippen molar-refractivity contribution in [3.8, 4) is 0 Å². The van der Waals surface area contributed by atoms with Gasteiger partial charge >= 0.3 is 0 Å². The van der Waals surface area contributed by atoms with E-state index in [1.165, 1.54) is 11.8 Å². The van der Waals surface area contributed by atoms with E-state index < -0.39 is 0 Å². The highest BCUT2D eigenvalue weighted by Crippen LogP contribution is 2.36. The monoisotopic (exact) mass is 374 g/mol. The first-order valence-electron chi connectivity index (χ1n) is 9.76. The molecule has 1 aromatic carbocycles. The third-order valence-electron chi connectivity index (χ3n) is 5.74. The van der Waals surface area contributed by atoms with Crippen molar-refractivity contribution in [2.24, 2.45) is 5.73 Å². The van der Waals surface area contributed by atoms with Gasteiger partial charge in [-0.05, 0) is 61.8 Å². The molecule has 0 atom stereocenters. The molecule has 0 saturated heterocycles. The lowest BCUT2D eigenvalue weighted by atomic mass is 9.85. The standard InChI is InChI=1S/C21H22N6O/c22-9-14(19(23)21(28)25-11-5-6-11)20-13-4-2-1-3-12(13)18-15-10-24-27-16(15)7-8-17(18)26-20/h7-11,22H,1-6,23H2,(H,24,27)(H,25,28). The van der Waals surface area contributed by atoms with E-state index in [9.17, 15) is 4.79 Å². The Kier molecular flexibility index (Phi) is 3.89. The van der Waals surface area contributed by atoms with Crippen molar-refractivity contribution in [3.05, 3.63) is 40.8 Å². The van der Waals surface area contributed by atoms with Crippen molar-refractivity contribution in [1.82, 2.24) is 20.5 Å². The molecule has 1 amide bonds. The van der Waals surface area contributed by atoms with Crippen molar-refractivity contribution >= 4 is 39.5 Å². The van der Waals surface area contributed by atoms with Gasteiger partial charge in [0.15, 0.2) is 0 Å². The topological polar surface area (TPSA) is 121 Å². The van der Waals surface area contributed by atoms with Gasteiger partial charge in [0.25, 0.3) is 5.91 Å². The lowest BCUT2D eigenvalue weighted by molar-refractivity contribution is -0.117. The Morgan fingerprint density at radius 2 is 2.04 bits per heavy atom. The van der Waals surface area contributed by atoms with Gasteiger partial charge in [0.05, 0.1) is 22.9 Å². The molecular formula is C21H22N6O. The predicted octanol–water partition coefficient (Wildman–Crippen LogP) is 2.59. The molecule has 0 bridgehead atoms. The number of carbonyl (C=O) groups is 1. The first kappa shape index (κ1) is 16.9. The minimum atomic E-state index is -0.308. The summed E-state index contributed by atoms with van der Waals surface area (Å²) in [7, 11) is 0. The van der Waals surface area contributed by atoms with Crippen LogP contribution < -0.4 is 11.1 Å². The molecule has 28 heavy (non-hydrogen) atoms. The molecule has 0 spiro atoms. The number of rotatable bonds is 4. The van der Waals surface area contributed by atoms with Crippen LogP contribution in [0.5, 0.6) is 0 Å². The number of aryl methyl sites for hydroxylation is 1. The number of nitrogens with two attached hydrogens (primary N) is 1. The second-order valence-corrected chi connectivity index (χ2v) is 7.63. The molecule has 7 nitrogen and oxygen atoms in total. The lowest BCUT2D eigenvalue weighted by Crippen LogP contribution is -2.31. The number of amides is 1. The average Bonchev–Trinajstić information content (AvgIpc) is 3.40. The quantitative estimate of drug-likeness (QED) is 0.414. The highest BCUT2D eigenvalue weighted by molar-refractivity contribution is 6.18. The molecule has 0 aliphatic heterocycles. The molecule has 5 rings (SSSR count). The zero-order valence-electron chi connectivity index (χ0n) is 15.5. The molecule has 2 heterocycles. The fourth-order valence-corrected chi connectivity index (χ4v) is 4.16. The number of aromatic amines is 1. The van der Waals surface area contributed by atoms with Gasteiger partial charge in [-0.2, -0.15) is 5.10 Å². The maximum Gasteiger partial charge on any atom is 0.268 e. The minimum Gasteiger partial charge on any atom is -0.394 e. The maximum atomic E-state index is 12.5. The Morgan fingerprint density at radius 3 is 2.79 bits per heavy atom. The highest BCUT2D eigenvalue weighted by Gasteiger charge is 2.27. The molecule has 2 aromatic heterocycles. The van der Waals surface area contributed by atoms with Crippen LogP contribution in [0.2, 0.25) is 0 Å². The number of aromatic nitrogens is 3. The number of hydrogen-bond donors (Lipinski definition) is 4. The number of H-pyrrole nitrogens is 1. The molecule has 1 saturated carbocycles. The third-order valence-corrected chi connectivity index (χ3v) is 5.74. The SMILES string of the molecule is N=CC(=C(N)C(=O)NC1CC1)c1nc2ccc3[nH]ncc3c2c2c1CCCC2. The normalized spacial score (nSPS) is 17.3. The molecule has 1 fully saturated rings. The second kappa shape index (κ2) is 6.44. The van der Waals surface area contributed by atoms with E-state index in [1.807, 2.05) is 18.3 Å². The van der Waals surface area contributed by atoms with Crippen molar-refractivity contribution in [1.29, 1.82) is 5.41 Å². The molecule has 0 unspecified atom stereocenters. The number of nitrogens with one attached hydrogen (secondary N) is 3. The summed E-state index contributed by atoms with van der Waals surface area (Å²) in [6.07, 6.45) is 8.99. The van der Waals surface area contributed by atoms with Crippen molar-refractivity contribution in [3.63, 3.8) is 0 Å². The van der Waals surface area contributed by atoms with Crippen LogP contribution in [0.15, 0.2) is 24.0 Å². The number of benzene rings is 1. The Morgan fingerprint density at radius 1 is 1.25 bits per heavy atom. The summed E-state index contributed by atoms with van der Waals surface area (Å²) in [5.41, 5.74) is 11.5. The Hall–Kier alpha value is -3.22. The van der Waals surface area contributed by atoms with E-state index in [-0.39, 0.29) is 17.6 Å². The van der Waals surface area contributed by atoms with Gasteiger partial charge in [-0.1, -0.05) is 0 Å². The number of allylic oxidation sites excluding steroid dienone is 1. The second-order valence-electron chi connectivity index (χ2n) is 7.63. The van der Waals surface area contributed by atoms with Crippen LogP contribution in [-0.4, -0.2) is 33.3 Å². The van der Waals surface area contributed by atoms with Gasteiger partial charge in [-0.15, -0.1) is 0 Å². The lowest BCUT2D eigenvalue weighted by Gasteiger charge is -2.22. The maximum absolute atomic E-state index is 12.5. The van der Waals surface area contributed by atoms with Gasteiger partial charge in [0, 0.05) is 28.6 Å². The van der Waals surface area contributed by atoms with Gasteiger partial charge in [0.1, 0.15) is 5.70 Å². The van der Waals surface area contributed by atoms with Gasteiger partial charge in [-0.25, -0.2) is 4.98 Å². The first-order chi connectivity index (χ1) is 13.7. The molecule has 5 N–H and O–H groups in total. The van der Waals surface area contributed by atoms with Gasteiger partial charge in [-0.3, -0.25) is 9.89 Å².